The van der Waals surface area contributed by atoms with Crippen LogP contribution in [0.4, 0.5) is 4.39 Å². The lowest BCUT2D eigenvalue weighted by Gasteiger charge is -2.32. The number of rotatable bonds is 2. The lowest BCUT2D eigenvalue weighted by atomic mass is 9.77. The van der Waals surface area contributed by atoms with Gasteiger partial charge in [-0.15, -0.1) is 0 Å². The molecule has 1 unspecified atom stereocenters. The number of nitrogens with two attached hydrogens (primary N) is 1. The van der Waals surface area contributed by atoms with Crippen molar-refractivity contribution < 1.29 is 13.7 Å². The predicted molar refractivity (Wildman–Crippen MR) is 74.7 cm³/mol. The first kappa shape index (κ1) is 14.5. The van der Waals surface area contributed by atoms with Gasteiger partial charge in [0.05, 0.1) is 11.2 Å². The zero-order valence-electron chi connectivity index (χ0n) is 12.2. The second-order valence-electron chi connectivity index (χ2n) is 6.13. The van der Waals surface area contributed by atoms with Crippen molar-refractivity contribution >= 4 is 12.6 Å². The Morgan fingerprint density at radius 3 is 2.16 bits per heavy atom. The number of hydrogen-bond donors (Lipinski definition) is 1. The monoisotopic (exact) mass is 265 g/mol. The summed E-state index contributed by atoms with van der Waals surface area (Å²) in [5, 5.41) is 0. The van der Waals surface area contributed by atoms with Gasteiger partial charge in [-0.2, -0.15) is 0 Å². The van der Waals surface area contributed by atoms with Crippen LogP contribution >= 0.6 is 0 Å². The van der Waals surface area contributed by atoms with Crippen LogP contribution in [0.1, 0.15) is 46.2 Å². The molecule has 1 aliphatic rings. The molecule has 0 aromatic heterocycles. The maximum Gasteiger partial charge on any atom is 0.497 e. The van der Waals surface area contributed by atoms with Gasteiger partial charge in [-0.1, -0.05) is 18.2 Å². The molecule has 104 valence electrons. The third kappa shape index (κ3) is 2.42. The molecule has 1 aliphatic heterocycles. The molecule has 3 nitrogen and oxygen atoms in total. The summed E-state index contributed by atoms with van der Waals surface area (Å²) in [5.41, 5.74) is 5.70. The van der Waals surface area contributed by atoms with E-state index in [1.54, 1.807) is 25.1 Å². The fourth-order valence-electron chi connectivity index (χ4n) is 2.07. The van der Waals surface area contributed by atoms with E-state index in [9.17, 15) is 4.39 Å². The van der Waals surface area contributed by atoms with Crippen molar-refractivity contribution in [2.45, 2.75) is 51.9 Å². The van der Waals surface area contributed by atoms with Gasteiger partial charge in [-0.05, 0) is 34.6 Å². The van der Waals surface area contributed by atoms with Gasteiger partial charge in [0.1, 0.15) is 5.82 Å². The highest BCUT2D eigenvalue weighted by Crippen LogP contribution is 2.36. The summed E-state index contributed by atoms with van der Waals surface area (Å²) in [6.45, 7) is 9.54. The van der Waals surface area contributed by atoms with Gasteiger partial charge in [-0.3, -0.25) is 0 Å². The van der Waals surface area contributed by atoms with Crippen molar-refractivity contribution in [3.8, 4) is 0 Å². The normalized spacial score (nSPS) is 22.6. The second-order valence-corrected chi connectivity index (χ2v) is 6.13. The Morgan fingerprint density at radius 2 is 1.68 bits per heavy atom. The Hall–Kier alpha value is -0.905. The summed E-state index contributed by atoms with van der Waals surface area (Å²) in [5.74, 6) is -0.337. The molecule has 1 fully saturated rings. The molecule has 0 spiro atoms. The lowest BCUT2D eigenvalue weighted by molar-refractivity contribution is 0.00578. The molecule has 2 N–H and O–H groups in total. The smallest absolute Gasteiger partial charge is 0.399 e. The van der Waals surface area contributed by atoms with Crippen LogP contribution in [0.3, 0.4) is 0 Å². The number of benzene rings is 1. The summed E-state index contributed by atoms with van der Waals surface area (Å²) in [6, 6.07) is 4.79. The highest BCUT2D eigenvalue weighted by Gasteiger charge is 2.52. The fraction of sp³-hybridized carbons (Fsp3) is 0.571. The van der Waals surface area contributed by atoms with Crippen molar-refractivity contribution in [3.63, 3.8) is 0 Å². The average Bonchev–Trinajstić information content (AvgIpc) is 2.47. The highest BCUT2D eigenvalue weighted by molar-refractivity contribution is 6.62. The minimum atomic E-state index is -0.691. The highest BCUT2D eigenvalue weighted by atomic mass is 19.1. The molecule has 1 atom stereocenters. The summed E-state index contributed by atoms with van der Waals surface area (Å²) in [4.78, 5) is 0. The van der Waals surface area contributed by atoms with Gasteiger partial charge in [-0.25, -0.2) is 4.39 Å². The van der Waals surface area contributed by atoms with Gasteiger partial charge in [0.2, 0.25) is 0 Å². The maximum absolute atomic E-state index is 14.4. The summed E-state index contributed by atoms with van der Waals surface area (Å²) in [7, 11) is -0.691. The van der Waals surface area contributed by atoms with E-state index in [4.69, 9.17) is 15.0 Å². The molecular weight excluding hydrogens is 244 g/mol. The summed E-state index contributed by atoms with van der Waals surface area (Å²) >= 11 is 0. The topological polar surface area (TPSA) is 44.5 Å². The van der Waals surface area contributed by atoms with E-state index in [0.717, 1.165) is 0 Å². The Kier molecular flexibility index (Phi) is 3.50. The molecule has 0 saturated carbocycles. The molecule has 19 heavy (non-hydrogen) atoms. The van der Waals surface area contributed by atoms with E-state index >= 15 is 0 Å². The zero-order valence-corrected chi connectivity index (χ0v) is 12.2. The average molecular weight is 265 g/mol. The molecule has 1 saturated heterocycles. The molecule has 0 bridgehead atoms. The standard InChI is InChI=1S/C14H21BFNO2/c1-9(17)10-7-6-8-11(12(10)16)15-18-13(2,3)14(4,5)19-15/h6-9H,17H2,1-5H3. The molecule has 1 aromatic rings. The van der Waals surface area contributed by atoms with E-state index in [-0.39, 0.29) is 11.9 Å². The molecule has 0 amide bonds. The Bertz CT molecular complexity index is 472. The van der Waals surface area contributed by atoms with Crippen LogP contribution in [0.5, 0.6) is 0 Å². The van der Waals surface area contributed by atoms with Crippen molar-refractivity contribution in [3.05, 3.63) is 29.6 Å². The Morgan fingerprint density at radius 1 is 1.16 bits per heavy atom. The molecule has 5 heteroatoms. The first-order chi connectivity index (χ1) is 8.66. The summed E-state index contributed by atoms with van der Waals surface area (Å²) in [6.07, 6.45) is 0. The Labute approximate surface area is 114 Å². The van der Waals surface area contributed by atoms with Crippen molar-refractivity contribution in [1.29, 1.82) is 0 Å². The zero-order chi connectivity index (χ0) is 14.4. The van der Waals surface area contributed by atoms with Crippen LogP contribution in [0.2, 0.25) is 0 Å². The number of hydrogen-bond acceptors (Lipinski definition) is 3. The van der Waals surface area contributed by atoms with Crippen LogP contribution in [0, 0.1) is 5.82 Å². The molecular formula is C14H21BFNO2. The molecule has 2 rings (SSSR count). The quantitative estimate of drug-likeness (QED) is 0.833. The summed E-state index contributed by atoms with van der Waals surface area (Å²) < 4.78 is 26.2. The molecule has 0 radical (unpaired) electrons. The van der Waals surface area contributed by atoms with Crippen molar-refractivity contribution in [1.82, 2.24) is 0 Å². The van der Waals surface area contributed by atoms with E-state index in [2.05, 4.69) is 0 Å². The van der Waals surface area contributed by atoms with Crippen LogP contribution in [-0.4, -0.2) is 18.3 Å². The fourth-order valence-corrected chi connectivity index (χ4v) is 2.07. The molecule has 1 heterocycles. The third-order valence-corrected chi connectivity index (χ3v) is 4.06. The largest absolute Gasteiger partial charge is 0.497 e. The molecule has 0 aliphatic carbocycles. The van der Waals surface area contributed by atoms with Crippen molar-refractivity contribution in [2.24, 2.45) is 5.73 Å². The van der Waals surface area contributed by atoms with Gasteiger partial charge < -0.3 is 15.0 Å². The van der Waals surface area contributed by atoms with Crippen LogP contribution in [0.25, 0.3) is 0 Å². The van der Waals surface area contributed by atoms with E-state index in [1.165, 1.54) is 0 Å². The second kappa shape index (κ2) is 4.58. The number of halogens is 1. The van der Waals surface area contributed by atoms with E-state index in [1.807, 2.05) is 27.7 Å². The lowest BCUT2D eigenvalue weighted by Crippen LogP contribution is -2.41. The Balaban J connectivity index is 2.38. The predicted octanol–water partition coefficient (Wildman–Crippen LogP) is 2.14. The van der Waals surface area contributed by atoms with Gasteiger partial charge in [0.15, 0.2) is 0 Å². The van der Waals surface area contributed by atoms with Gasteiger partial charge >= 0.3 is 7.12 Å². The minimum absolute atomic E-state index is 0.337. The van der Waals surface area contributed by atoms with E-state index in [0.29, 0.717) is 11.0 Å². The first-order valence-electron chi connectivity index (χ1n) is 6.55. The minimum Gasteiger partial charge on any atom is -0.399 e. The van der Waals surface area contributed by atoms with Gasteiger partial charge in [0, 0.05) is 17.1 Å². The van der Waals surface area contributed by atoms with Crippen molar-refractivity contribution in [2.75, 3.05) is 0 Å². The van der Waals surface area contributed by atoms with Crippen LogP contribution in [0.15, 0.2) is 18.2 Å². The third-order valence-electron chi connectivity index (χ3n) is 4.06. The maximum atomic E-state index is 14.4. The SMILES string of the molecule is CC(N)c1cccc(B2OC(C)(C)C(C)(C)O2)c1F. The van der Waals surface area contributed by atoms with Crippen LogP contribution < -0.4 is 11.2 Å². The van der Waals surface area contributed by atoms with E-state index < -0.39 is 18.3 Å². The van der Waals surface area contributed by atoms with Crippen LogP contribution in [-0.2, 0) is 9.31 Å². The first-order valence-corrected chi connectivity index (χ1v) is 6.55. The van der Waals surface area contributed by atoms with Gasteiger partial charge in [0.25, 0.3) is 0 Å². The molecule has 1 aromatic carbocycles.